The molecule has 1 saturated carbocycles. The van der Waals surface area contributed by atoms with Crippen molar-refractivity contribution in [3.8, 4) is 0 Å². The Balaban J connectivity index is 0.00000137. The van der Waals surface area contributed by atoms with Crippen LogP contribution in [-0.4, -0.2) is 81.9 Å². The Labute approximate surface area is 107 Å². The van der Waals surface area contributed by atoms with Gasteiger partial charge in [-0.15, -0.1) is 0 Å². The van der Waals surface area contributed by atoms with Gasteiger partial charge in [0.25, 0.3) is 0 Å². The van der Waals surface area contributed by atoms with E-state index in [2.05, 4.69) is 5.32 Å². The highest BCUT2D eigenvalue weighted by Crippen LogP contribution is 2.25. The SMILES string of the molecule is CO.OCC(CO)N[C@@H]1CC(O)[C@H](O)C(CO)C1. The van der Waals surface area contributed by atoms with Crippen molar-refractivity contribution in [3.05, 3.63) is 0 Å². The second-order valence-electron chi connectivity index (χ2n) is 4.40. The zero-order chi connectivity index (χ0) is 14.1. The van der Waals surface area contributed by atoms with Crippen LogP contribution in [0.3, 0.4) is 0 Å². The fraction of sp³-hybridized carbons (Fsp3) is 1.00. The second kappa shape index (κ2) is 9.62. The lowest BCUT2D eigenvalue weighted by Crippen LogP contribution is -2.52. The van der Waals surface area contributed by atoms with Gasteiger partial charge >= 0.3 is 0 Å². The molecule has 0 aromatic heterocycles. The highest BCUT2D eigenvalue weighted by atomic mass is 16.3. The van der Waals surface area contributed by atoms with Crippen molar-refractivity contribution in [2.45, 2.75) is 37.1 Å². The summed E-state index contributed by atoms with van der Waals surface area (Å²) in [4.78, 5) is 0. The van der Waals surface area contributed by atoms with Crippen LogP contribution < -0.4 is 5.32 Å². The number of hydrogen-bond donors (Lipinski definition) is 7. The predicted octanol–water partition coefficient (Wildman–Crippen LogP) is -2.97. The van der Waals surface area contributed by atoms with Crippen LogP contribution in [0.15, 0.2) is 0 Å². The van der Waals surface area contributed by atoms with Crippen LogP contribution >= 0.6 is 0 Å². The maximum atomic E-state index is 9.58. The molecule has 0 spiro atoms. The summed E-state index contributed by atoms with van der Waals surface area (Å²) in [7, 11) is 1.00. The van der Waals surface area contributed by atoms with E-state index in [1.165, 1.54) is 0 Å². The summed E-state index contributed by atoms with van der Waals surface area (Å²) in [5.41, 5.74) is 0. The van der Waals surface area contributed by atoms with E-state index in [0.29, 0.717) is 12.8 Å². The fourth-order valence-corrected chi connectivity index (χ4v) is 2.16. The maximum absolute atomic E-state index is 9.58. The van der Waals surface area contributed by atoms with Gasteiger partial charge < -0.3 is 36.0 Å². The maximum Gasteiger partial charge on any atom is 0.0850 e. The van der Waals surface area contributed by atoms with Gasteiger partial charge in [0, 0.05) is 25.7 Å². The minimum atomic E-state index is -0.898. The van der Waals surface area contributed by atoms with E-state index in [1.807, 2.05) is 0 Å². The van der Waals surface area contributed by atoms with E-state index < -0.39 is 18.2 Å². The summed E-state index contributed by atoms with van der Waals surface area (Å²) in [6.07, 6.45) is -0.898. The van der Waals surface area contributed by atoms with E-state index in [9.17, 15) is 10.2 Å². The van der Waals surface area contributed by atoms with E-state index in [4.69, 9.17) is 20.4 Å². The van der Waals surface area contributed by atoms with Crippen molar-refractivity contribution in [3.63, 3.8) is 0 Å². The van der Waals surface area contributed by atoms with Crippen LogP contribution in [0.2, 0.25) is 0 Å². The molecule has 1 rings (SSSR count). The first-order chi connectivity index (χ1) is 8.62. The average Bonchev–Trinajstić information content (AvgIpc) is 2.42. The Hall–Kier alpha value is -0.280. The molecular formula is C11H25NO6. The second-order valence-corrected chi connectivity index (χ2v) is 4.40. The van der Waals surface area contributed by atoms with Crippen LogP contribution in [-0.2, 0) is 0 Å². The molecule has 0 bridgehead atoms. The van der Waals surface area contributed by atoms with Gasteiger partial charge in [-0.2, -0.15) is 0 Å². The molecule has 1 fully saturated rings. The summed E-state index contributed by atoms with van der Waals surface area (Å²) in [6.45, 7) is -0.551. The third-order valence-corrected chi connectivity index (χ3v) is 3.14. The van der Waals surface area contributed by atoms with Crippen LogP contribution in [0.5, 0.6) is 0 Å². The number of aliphatic hydroxyl groups is 6. The normalized spacial score (nSPS) is 32.0. The van der Waals surface area contributed by atoms with Gasteiger partial charge in [-0.1, -0.05) is 0 Å². The molecular weight excluding hydrogens is 242 g/mol. The van der Waals surface area contributed by atoms with Gasteiger partial charge in [0.05, 0.1) is 31.5 Å². The van der Waals surface area contributed by atoms with E-state index in [-0.39, 0.29) is 31.8 Å². The lowest BCUT2D eigenvalue weighted by molar-refractivity contribution is -0.0696. The van der Waals surface area contributed by atoms with Crippen LogP contribution in [0, 0.1) is 5.92 Å². The first kappa shape index (κ1) is 17.7. The molecule has 0 aromatic carbocycles. The van der Waals surface area contributed by atoms with E-state index in [1.54, 1.807) is 0 Å². The van der Waals surface area contributed by atoms with Gasteiger partial charge in [-0.05, 0) is 12.8 Å². The van der Waals surface area contributed by atoms with Crippen molar-refractivity contribution in [1.29, 1.82) is 0 Å². The summed E-state index contributed by atoms with van der Waals surface area (Å²) < 4.78 is 0. The zero-order valence-electron chi connectivity index (χ0n) is 10.6. The molecule has 7 nitrogen and oxygen atoms in total. The molecule has 0 heterocycles. The van der Waals surface area contributed by atoms with Crippen molar-refractivity contribution in [1.82, 2.24) is 5.32 Å². The average molecular weight is 267 g/mol. The van der Waals surface area contributed by atoms with Crippen LogP contribution in [0.25, 0.3) is 0 Å². The summed E-state index contributed by atoms with van der Waals surface area (Å²) in [6, 6.07) is -0.536. The first-order valence-electron chi connectivity index (χ1n) is 6.01. The third kappa shape index (κ3) is 5.15. The molecule has 0 aromatic rings. The summed E-state index contributed by atoms with van der Waals surface area (Å²) >= 11 is 0. The zero-order valence-corrected chi connectivity index (χ0v) is 10.6. The largest absolute Gasteiger partial charge is 0.400 e. The minimum Gasteiger partial charge on any atom is -0.400 e. The molecule has 0 aliphatic heterocycles. The quantitative estimate of drug-likeness (QED) is 0.283. The van der Waals surface area contributed by atoms with Crippen molar-refractivity contribution < 1.29 is 30.6 Å². The molecule has 1 aliphatic carbocycles. The smallest absolute Gasteiger partial charge is 0.0850 e. The van der Waals surface area contributed by atoms with Gasteiger partial charge in [0.15, 0.2) is 0 Å². The Morgan fingerprint density at radius 2 is 1.61 bits per heavy atom. The monoisotopic (exact) mass is 267 g/mol. The molecule has 0 saturated heterocycles. The lowest BCUT2D eigenvalue weighted by Gasteiger charge is -2.37. The van der Waals surface area contributed by atoms with Crippen LogP contribution in [0.4, 0.5) is 0 Å². The molecule has 0 radical (unpaired) electrons. The van der Waals surface area contributed by atoms with Gasteiger partial charge in [-0.25, -0.2) is 0 Å². The highest BCUT2D eigenvalue weighted by molar-refractivity contribution is 4.90. The number of nitrogens with one attached hydrogen (secondary N) is 1. The molecule has 18 heavy (non-hydrogen) atoms. The molecule has 4 atom stereocenters. The standard InChI is InChI=1S/C10H21NO5.CH4O/c12-3-6-1-7(2-9(15)10(6)16)11-8(4-13)5-14;1-2/h6-16H,1-5H2;2H,1H3/t6?,7-,9?,10+;/m0./s1. The number of aliphatic hydroxyl groups excluding tert-OH is 6. The molecule has 2 unspecified atom stereocenters. The van der Waals surface area contributed by atoms with Gasteiger partial charge in [0.1, 0.15) is 0 Å². The fourth-order valence-electron chi connectivity index (χ4n) is 2.16. The predicted molar refractivity (Wildman–Crippen MR) is 64.8 cm³/mol. The Bertz CT molecular complexity index is 200. The Morgan fingerprint density at radius 1 is 1.06 bits per heavy atom. The Morgan fingerprint density at radius 3 is 2.06 bits per heavy atom. The summed E-state index contributed by atoms with van der Waals surface area (Å²) in [5.74, 6) is -0.362. The van der Waals surface area contributed by atoms with E-state index in [0.717, 1.165) is 7.11 Å². The first-order valence-corrected chi connectivity index (χ1v) is 6.01. The molecule has 1 aliphatic rings. The lowest BCUT2D eigenvalue weighted by atomic mass is 9.81. The van der Waals surface area contributed by atoms with Crippen molar-refractivity contribution in [2.24, 2.45) is 5.92 Å². The highest BCUT2D eigenvalue weighted by Gasteiger charge is 2.35. The van der Waals surface area contributed by atoms with Gasteiger partial charge in [-0.3, -0.25) is 0 Å². The minimum absolute atomic E-state index is 0.111. The topological polar surface area (TPSA) is 133 Å². The number of rotatable bonds is 5. The molecule has 0 amide bonds. The van der Waals surface area contributed by atoms with Crippen molar-refractivity contribution >= 4 is 0 Å². The molecule has 110 valence electrons. The Kier molecular flexibility index (Phi) is 9.47. The van der Waals surface area contributed by atoms with Crippen molar-refractivity contribution in [2.75, 3.05) is 26.9 Å². The number of hydrogen-bond acceptors (Lipinski definition) is 7. The van der Waals surface area contributed by atoms with E-state index >= 15 is 0 Å². The molecule has 7 heteroatoms. The van der Waals surface area contributed by atoms with Crippen LogP contribution in [0.1, 0.15) is 12.8 Å². The molecule has 7 N–H and O–H groups in total. The summed E-state index contributed by atoms with van der Waals surface area (Å²) in [5, 5.41) is 56.0. The third-order valence-electron chi connectivity index (χ3n) is 3.14. The van der Waals surface area contributed by atoms with Gasteiger partial charge in [0.2, 0.25) is 0 Å².